The van der Waals surface area contributed by atoms with Crippen molar-refractivity contribution in [1.29, 1.82) is 0 Å². The van der Waals surface area contributed by atoms with E-state index in [1.807, 2.05) is 13.0 Å². The first-order valence-corrected chi connectivity index (χ1v) is 13.8. The Labute approximate surface area is 244 Å². The van der Waals surface area contributed by atoms with Gasteiger partial charge in [-0.05, 0) is 90.4 Å². The third-order valence-corrected chi connectivity index (χ3v) is 7.73. The van der Waals surface area contributed by atoms with Gasteiger partial charge in [0.1, 0.15) is 11.8 Å². The molecule has 2 N–H and O–H groups in total. The molecule has 1 aliphatic heterocycles. The Bertz CT molecular complexity index is 1380. The number of hydrogen-bond donors (Lipinski definition) is 2. The molecule has 0 saturated carbocycles. The Morgan fingerprint density at radius 1 is 1.00 bits per heavy atom. The highest BCUT2D eigenvalue weighted by molar-refractivity contribution is 14.1. The molecule has 0 bridgehead atoms. The van der Waals surface area contributed by atoms with Crippen LogP contribution in [-0.2, 0) is 9.59 Å². The summed E-state index contributed by atoms with van der Waals surface area (Å²) in [5.74, 6) is -1.90. The number of carbonyl (C=O) groups excluding carboxylic acids is 2. The van der Waals surface area contributed by atoms with Crippen molar-refractivity contribution in [3.05, 3.63) is 91.0 Å². The second-order valence-electron chi connectivity index (χ2n) is 9.05. The molecule has 1 heterocycles. The van der Waals surface area contributed by atoms with E-state index < -0.39 is 24.0 Å². The summed E-state index contributed by atoms with van der Waals surface area (Å²) in [5, 5.41) is 20.8. The van der Waals surface area contributed by atoms with Gasteiger partial charge < -0.3 is 20.0 Å². The first-order valence-electron chi connectivity index (χ1n) is 12.0. The van der Waals surface area contributed by atoms with Crippen LogP contribution in [0.5, 0.6) is 5.75 Å². The summed E-state index contributed by atoms with van der Waals surface area (Å²) in [6.07, 6.45) is 0.764. The molecule has 0 saturated heterocycles. The van der Waals surface area contributed by atoms with Crippen LogP contribution in [0.4, 0.5) is 5.69 Å². The van der Waals surface area contributed by atoms with E-state index in [0.29, 0.717) is 34.1 Å². The zero-order valence-corrected chi connectivity index (χ0v) is 24.1. The Morgan fingerprint density at radius 3 is 2.34 bits per heavy atom. The number of phenols is 1. The van der Waals surface area contributed by atoms with Crippen LogP contribution in [0, 0.1) is 3.57 Å². The lowest BCUT2D eigenvalue weighted by molar-refractivity contribution is -0.137. The van der Waals surface area contributed by atoms with E-state index in [2.05, 4.69) is 22.6 Å². The third kappa shape index (κ3) is 5.92. The Hall–Kier alpha value is -2.82. The first kappa shape index (κ1) is 28.2. The summed E-state index contributed by atoms with van der Waals surface area (Å²) in [5.41, 5.74) is 1.79. The minimum absolute atomic E-state index is 0.0262. The van der Waals surface area contributed by atoms with Gasteiger partial charge in [-0.15, -0.1) is 0 Å². The summed E-state index contributed by atoms with van der Waals surface area (Å²) >= 11 is 14.3. The van der Waals surface area contributed by atoms with E-state index in [4.69, 9.17) is 28.3 Å². The monoisotopic (exact) mass is 666 g/mol. The molecule has 2 atom stereocenters. The topological polar surface area (TPSA) is 98.2 Å². The molecule has 1 aliphatic rings. The molecule has 0 unspecified atom stereocenters. The van der Waals surface area contributed by atoms with Crippen molar-refractivity contribution in [1.82, 2.24) is 4.90 Å². The number of carboxylic acid groups (broad SMARTS) is 1. The van der Waals surface area contributed by atoms with Gasteiger partial charge in [-0.2, -0.15) is 0 Å². The molecule has 198 valence electrons. The number of nitrogens with zero attached hydrogens (tertiary/aromatic N) is 2. The second-order valence-corrected chi connectivity index (χ2v) is 11.2. The first-order chi connectivity index (χ1) is 18.1. The Balaban J connectivity index is 1.89. The second kappa shape index (κ2) is 11.9. The fourth-order valence-electron chi connectivity index (χ4n) is 4.67. The molecule has 0 aromatic heterocycles. The van der Waals surface area contributed by atoms with Crippen molar-refractivity contribution >= 4 is 69.3 Å². The molecule has 2 amide bonds. The molecule has 3 aromatic carbocycles. The van der Waals surface area contributed by atoms with Gasteiger partial charge in [0.05, 0.1) is 17.3 Å². The molecule has 10 heteroatoms. The number of anilines is 1. The smallest absolute Gasteiger partial charge is 0.303 e. The number of carboxylic acids is 1. The molecular weight excluding hydrogens is 642 g/mol. The van der Waals surface area contributed by atoms with Crippen LogP contribution in [0.2, 0.25) is 10.0 Å². The number of phenolic OH excluding ortho intramolecular Hbond substituents is 1. The van der Waals surface area contributed by atoms with Gasteiger partial charge in [0.15, 0.2) is 0 Å². The quantitative estimate of drug-likeness (QED) is 0.202. The average Bonchev–Trinajstić information content (AvgIpc) is 2.95. The zero-order valence-electron chi connectivity index (χ0n) is 20.4. The van der Waals surface area contributed by atoms with E-state index in [9.17, 15) is 19.5 Å². The van der Waals surface area contributed by atoms with Crippen molar-refractivity contribution in [3.8, 4) is 5.75 Å². The number of hydrogen-bond acceptors (Lipinski definition) is 4. The minimum atomic E-state index is -1.17. The molecular formula is C28H25Cl2IN2O5. The highest BCUT2D eigenvalue weighted by atomic mass is 127. The van der Waals surface area contributed by atoms with Crippen LogP contribution < -0.4 is 4.90 Å². The molecule has 0 radical (unpaired) electrons. The van der Waals surface area contributed by atoms with Crippen molar-refractivity contribution < 1.29 is 24.6 Å². The van der Waals surface area contributed by atoms with Gasteiger partial charge in [-0.25, -0.2) is 0 Å². The standard InChI is InChI=1S/C28H25Cl2IN2O5/c1-16(17-5-7-18(29)8-6-17)33-26(21-11-9-19(30)14-24(21)34)28(38)32(13-3-2-4-25(35)36)23-12-10-20(31)15-22(23)27(33)37/h5-12,14-16,26,34H,2-4,13H2,1H3,(H,35,36)/t16-,26+/m1/s1. The van der Waals surface area contributed by atoms with E-state index in [0.717, 1.165) is 9.13 Å². The van der Waals surface area contributed by atoms with Gasteiger partial charge in [0, 0.05) is 32.1 Å². The number of aromatic hydroxyl groups is 1. The lowest BCUT2D eigenvalue weighted by Gasteiger charge is -2.36. The lowest BCUT2D eigenvalue weighted by Crippen LogP contribution is -2.44. The molecule has 0 spiro atoms. The normalized spacial score (nSPS) is 16.3. The van der Waals surface area contributed by atoms with E-state index in [1.165, 1.54) is 15.9 Å². The number of carbonyl (C=O) groups is 3. The number of rotatable bonds is 8. The van der Waals surface area contributed by atoms with Crippen molar-refractivity contribution in [2.45, 2.75) is 38.3 Å². The Kier molecular flexibility index (Phi) is 8.85. The number of aliphatic carboxylic acids is 1. The number of fused-ring (bicyclic) bond motifs is 1. The maximum Gasteiger partial charge on any atom is 0.303 e. The summed E-state index contributed by atoms with van der Waals surface area (Å²) in [7, 11) is 0. The third-order valence-electron chi connectivity index (χ3n) is 6.57. The fourth-order valence-corrected chi connectivity index (χ4v) is 5.45. The molecule has 7 nitrogen and oxygen atoms in total. The zero-order chi connectivity index (χ0) is 27.6. The summed E-state index contributed by atoms with van der Waals surface area (Å²) in [4.78, 5) is 42.7. The lowest BCUT2D eigenvalue weighted by atomic mass is 9.98. The van der Waals surface area contributed by atoms with E-state index in [1.54, 1.807) is 48.5 Å². The number of benzene rings is 3. The largest absolute Gasteiger partial charge is 0.508 e. The van der Waals surface area contributed by atoms with E-state index >= 15 is 0 Å². The van der Waals surface area contributed by atoms with Crippen molar-refractivity contribution in [2.24, 2.45) is 0 Å². The van der Waals surface area contributed by atoms with Crippen molar-refractivity contribution in [3.63, 3.8) is 0 Å². The summed E-state index contributed by atoms with van der Waals surface area (Å²) < 4.78 is 0.819. The van der Waals surface area contributed by atoms with Crippen molar-refractivity contribution in [2.75, 3.05) is 11.4 Å². The maximum absolute atomic E-state index is 14.4. The summed E-state index contributed by atoms with van der Waals surface area (Å²) in [6, 6.07) is 15.1. The molecule has 4 rings (SSSR count). The number of halogens is 3. The van der Waals surface area contributed by atoms with Gasteiger partial charge in [0.2, 0.25) is 0 Å². The highest BCUT2D eigenvalue weighted by Crippen LogP contribution is 2.43. The maximum atomic E-state index is 14.4. The molecule has 0 fully saturated rings. The molecule has 38 heavy (non-hydrogen) atoms. The van der Waals surface area contributed by atoms with Crippen LogP contribution in [0.1, 0.15) is 59.8 Å². The van der Waals surface area contributed by atoms with Crippen LogP contribution >= 0.6 is 45.8 Å². The Morgan fingerprint density at radius 2 is 1.68 bits per heavy atom. The van der Waals surface area contributed by atoms with E-state index in [-0.39, 0.29) is 30.2 Å². The van der Waals surface area contributed by atoms with Gasteiger partial charge in [-0.1, -0.05) is 41.4 Å². The van der Waals surface area contributed by atoms with Gasteiger partial charge in [-0.3, -0.25) is 14.4 Å². The summed E-state index contributed by atoms with van der Waals surface area (Å²) in [6.45, 7) is 2.03. The predicted octanol–water partition coefficient (Wildman–Crippen LogP) is 6.85. The van der Waals surface area contributed by atoms with Gasteiger partial charge in [0.25, 0.3) is 11.8 Å². The van der Waals surface area contributed by atoms with Crippen LogP contribution in [0.25, 0.3) is 0 Å². The predicted molar refractivity (Wildman–Crippen MR) is 155 cm³/mol. The van der Waals surface area contributed by atoms with Gasteiger partial charge >= 0.3 is 5.97 Å². The fraction of sp³-hybridized carbons (Fsp3) is 0.250. The van der Waals surface area contributed by atoms with Crippen LogP contribution in [-0.4, -0.2) is 39.4 Å². The average molecular weight is 667 g/mol. The highest BCUT2D eigenvalue weighted by Gasteiger charge is 2.43. The number of unbranched alkanes of at least 4 members (excludes halogenated alkanes) is 1. The van der Waals surface area contributed by atoms with Crippen LogP contribution in [0.3, 0.4) is 0 Å². The molecule has 0 aliphatic carbocycles. The minimum Gasteiger partial charge on any atom is -0.508 e. The SMILES string of the molecule is C[C@H](c1ccc(Cl)cc1)N1C(=O)c2cc(I)ccc2N(CCCCC(=O)O)C(=O)[C@@H]1c1ccc(Cl)cc1O. The number of amides is 2. The van der Waals surface area contributed by atoms with Crippen LogP contribution in [0.15, 0.2) is 60.7 Å². The molecule has 3 aromatic rings.